The van der Waals surface area contributed by atoms with Crippen molar-refractivity contribution in [3.8, 4) is 0 Å². The van der Waals surface area contributed by atoms with E-state index < -0.39 is 0 Å². The Kier molecular flexibility index (Phi) is 4.51. The molecular weight excluding hydrogens is 232 g/mol. The second-order valence-electron chi connectivity index (χ2n) is 4.99. The number of hydrogen-bond donors (Lipinski definition) is 0. The van der Waals surface area contributed by atoms with Gasteiger partial charge in [-0.2, -0.15) is 0 Å². The van der Waals surface area contributed by atoms with Crippen LogP contribution in [-0.2, 0) is 4.79 Å². The lowest BCUT2D eigenvalue weighted by molar-refractivity contribution is -0.116. The van der Waals surface area contributed by atoms with Crippen molar-refractivity contribution in [2.45, 2.75) is 33.1 Å². The molecule has 0 aliphatic heterocycles. The summed E-state index contributed by atoms with van der Waals surface area (Å²) < 4.78 is 0. The van der Waals surface area contributed by atoms with E-state index in [4.69, 9.17) is 0 Å². The summed E-state index contributed by atoms with van der Waals surface area (Å²) in [4.78, 5) is 11.2. The minimum atomic E-state index is 0.252. The average molecular weight is 252 g/mol. The Bertz CT molecular complexity index is 559. The maximum Gasteiger partial charge on any atom is 0.130 e. The highest BCUT2D eigenvalue weighted by Gasteiger charge is 2.11. The van der Waals surface area contributed by atoms with Crippen molar-refractivity contribution in [1.29, 1.82) is 0 Å². The molecule has 0 spiro atoms. The quantitative estimate of drug-likeness (QED) is 0.763. The first-order chi connectivity index (χ1) is 9.18. The van der Waals surface area contributed by atoms with Crippen LogP contribution in [0.4, 0.5) is 0 Å². The minimum absolute atomic E-state index is 0.252. The Morgan fingerprint density at radius 2 is 2.05 bits per heavy atom. The molecule has 2 rings (SSSR count). The zero-order chi connectivity index (χ0) is 13.7. The van der Waals surface area contributed by atoms with Gasteiger partial charge in [-0.05, 0) is 49.0 Å². The smallest absolute Gasteiger partial charge is 0.130 e. The molecule has 1 aliphatic rings. The highest BCUT2D eigenvalue weighted by molar-refractivity contribution is 5.83. The number of benzene rings is 1. The maximum atomic E-state index is 11.2. The van der Waals surface area contributed by atoms with Gasteiger partial charge in [0.2, 0.25) is 0 Å². The van der Waals surface area contributed by atoms with Crippen molar-refractivity contribution >= 4 is 11.4 Å². The number of carbonyl (C=O) groups excluding carboxylic acids is 1. The van der Waals surface area contributed by atoms with Gasteiger partial charge in [-0.25, -0.2) is 0 Å². The standard InChI is InChI=1S/C18H20O/c1-14-8-6-7-10-17(14)18-11-5-3-4-9-16(18)13-12-15(2)19/h3,5-11H,4,12-13H2,1-2H3. The predicted molar refractivity (Wildman–Crippen MR) is 80.9 cm³/mol. The lowest BCUT2D eigenvalue weighted by Crippen LogP contribution is -1.97. The van der Waals surface area contributed by atoms with Gasteiger partial charge in [-0.1, -0.05) is 48.6 Å². The van der Waals surface area contributed by atoms with E-state index in [2.05, 4.69) is 55.5 Å². The van der Waals surface area contributed by atoms with Crippen LogP contribution in [0.25, 0.3) is 5.57 Å². The van der Waals surface area contributed by atoms with Crippen LogP contribution in [0, 0.1) is 6.92 Å². The number of allylic oxidation sites excluding steroid dienone is 6. The number of hydrogen-bond acceptors (Lipinski definition) is 1. The lowest BCUT2D eigenvalue weighted by Gasteiger charge is -2.13. The van der Waals surface area contributed by atoms with Gasteiger partial charge in [0.15, 0.2) is 0 Å². The van der Waals surface area contributed by atoms with E-state index in [1.807, 2.05) is 0 Å². The molecule has 0 unspecified atom stereocenters. The predicted octanol–water partition coefficient (Wildman–Crippen LogP) is 4.63. The van der Waals surface area contributed by atoms with Crippen molar-refractivity contribution < 1.29 is 4.79 Å². The van der Waals surface area contributed by atoms with Gasteiger partial charge in [0.1, 0.15) is 5.78 Å². The Balaban J connectivity index is 2.34. The van der Waals surface area contributed by atoms with Crippen LogP contribution < -0.4 is 0 Å². The highest BCUT2D eigenvalue weighted by Crippen LogP contribution is 2.30. The van der Waals surface area contributed by atoms with Gasteiger partial charge in [0.05, 0.1) is 0 Å². The maximum absolute atomic E-state index is 11.2. The summed E-state index contributed by atoms with van der Waals surface area (Å²) >= 11 is 0. The van der Waals surface area contributed by atoms with Crippen LogP contribution in [0.2, 0.25) is 0 Å². The van der Waals surface area contributed by atoms with Gasteiger partial charge in [-0.15, -0.1) is 0 Å². The zero-order valence-corrected chi connectivity index (χ0v) is 11.6. The number of Topliss-reactive ketones (excluding diaryl/α,β-unsaturated/α-hetero) is 1. The molecule has 1 aliphatic carbocycles. The molecule has 1 nitrogen and oxygen atoms in total. The van der Waals surface area contributed by atoms with Crippen molar-refractivity contribution in [2.24, 2.45) is 0 Å². The molecule has 1 heteroatoms. The molecule has 0 fully saturated rings. The first kappa shape index (κ1) is 13.5. The number of rotatable bonds is 4. The van der Waals surface area contributed by atoms with Crippen molar-refractivity contribution in [1.82, 2.24) is 0 Å². The molecule has 98 valence electrons. The molecule has 0 atom stereocenters. The van der Waals surface area contributed by atoms with Gasteiger partial charge >= 0.3 is 0 Å². The fraction of sp³-hybridized carbons (Fsp3) is 0.278. The van der Waals surface area contributed by atoms with Crippen molar-refractivity contribution in [2.75, 3.05) is 0 Å². The zero-order valence-electron chi connectivity index (χ0n) is 11.6. The number of carbonyl (C=O) groups is 1. The third kappa shape index (κ3) is 3.54. The van der Waals surface area contributed by atoms with E-state index in [1.54, 1.807) is 6.92 Å². The van der Waals surface area contributed by atoms with E-state index in [9.17, 15) is 4.79 Å². The van der Waals surface area contributed by atoms with E-state index >= 15 is 0 Å². The highest BCUT2D eigenvalue weighted by atomic mass is 16.1. The summed E-state index contributed by atoms with van der Waals surface area (Å²) in [6, 6.07) is 8.42. The lowest BCUT2D eigenvalue weighted by atomic mass is 9.91. The summed E-state index contributed by atoms with van der Waals surface area (Å²) in [5, 5.41) is 0. The summed E-state index contributed by atoms with van der Waals surface area (Å²) in [6.07, 6.45) is 11.1. The summed E-state index contributed by atoms with van der Waals surface area (Å²) in [5.74, 6) is 0.252. The van der Waals surface area contributed by atoms with Crippen LogP contribution in [0.15, 0.2) is 54.1 Å². The van der Waals surface area contributed by atoms with Crippen LogP contribution in [0.3, 0.4) is 0 Å². The molecule has 0 N–H and O–H groups in total. The third-order valence-corrected chi connectivity index (χ3v) is 3.43. The van der Waals surface area contributed by atoms with Crippen molar-refractivity contribution in [3.63, 3.8) is 0 Å². The largest absolute Gasteiger partial charge is 0.300 e. The van der Waals surface area contributed by atoms with E-state index in [1.165, 1.54) is 22.3 Å². The van der Waals surface area contributed by atoms with Gasteiger partial charge in [0, 0.05) is 6.42 Å². The molecule has 0 radical (unpaired) electrons. The number of ketones is 1. The van der Waals surface area contributed by atoms with Crippen LogP contribution in [-0.4, -0.2) is 5.78 Å². The SMILES string of the molecule is CC(=O)CCC1=CCC=CC=C1c1ccccc1C. The second-order valence-corrected chi connectivity index (χ2v) is 4.99. The fourth-order valence-electron chi connectivity index (χ4n) is 2.36. The first-order valence-electron chi connectivity index (χ1n) is 6.80. The van der Waals surface area contributed by atoms with Gasteiger partial charge in [-0.3, -0.25) is 0 Å². The molecule has 0 amide bonds. The molecule has 1 aromatic rings. The molecule has 0 aromatic heterocycles. The van der Waals surface area contributed by atoms with E-state index in [0.717, 1.165) is 12.8 Å². The van der Waals surface area contributed by atoms with Gasteiger partial charge < -0.3 is 4.79 Å². The molecular formula is C18H20O. The molecule has 19 heavy (non-hydrogen) atoms. The molecule has 1 aromatic carbocycles. The first-order valence-corrected chi connectivity index (χ1v) is 6.80. The second kappa shape index (κ2) is 6.33. The monoisotopic (exact) mass is 252 g/mol. The topological polar surface area (TPSA) is 17.1 Å². The Hall–Kier alpha value is -1.89. The number of aryl methyl sites for hydroxylation is 1. The normalized spacial score (nSPS) is 14.6. The Morgan fingerprint density at radius 3 is 2.79 bits per heavy atom. The van der Waals surface area contributed by atoms with E-state index in [0.29, 0.717) is 6.42 Å². The summed E-state index contributed by atoms with van der Waals surface area (Å²) in [6.45, 7) is 3.79. The summed E-state index contributed by atoms with van der Waals surface area (Å²) in [7, 11) is 0. The van der Waals surface area contributed by atoms with E-state index in [-0.39, 0.29) is 5.78 Å². The minimum Gasteiger partial charge on any atom is -0.300 e. The molecule has 0 saturated carbocycles. The Morgan fingerprint density at radius 1 is 1.26 bits per heavy atom. The molecule has 0 bridgehead atoms. The van der Waals surface area contributed by atoms with Crippen LogP contribution in [0.5, 0.6) is 0 Å². The Labute approximate surface area is 115 Å². The molecule has 0 heterocycles. The van der Waals surface area contributed by atoms with Crippen molar-refractivity contribution in [3.05, 3.63) is 65.3 Å². The fourth-order valence-corrected chi connectivity index (χ4v) is 2.36. The van der Waals surface area contributed by atoms with Gasteiger partial charge in [0.25, 0.3) is 0 Å². The average Bonchev–Trinajstić information content (AvgIpc) is 2.62. The molecule has 0 saturated heterocycles. The third-order valence-electron chi connectivity index (χ3n) is 3.43. The van der Waals surface area contributed by atoms with Crippen LogP contribution in [0.1, 0.15) is 37.3 Å². The van der Waals surface area contributed by atoms with Crippen LogP contribution >= 0.6 is 0 Å². The summed E-state index contributed by atoms with van der Waals surface area (Å²) in [5.41, 5.74) is 5.09.